The Bertz CT molecular complexity index is 996. The summed E-state index contributed by atoms with van der Waals surface area (Å²) in [4.78, 5) is 0.127. The Kier molecular flexibility index (Phi) is 6.00. The third-order valence-electron chi connectivity index (χ3n) is 4.62. The zero-order chi connectivity index (χ0) is 19.5. The van der Waals surface area contributed by atoms with Gasteiger partial charge in [0.25, 0.3) is 0 Å². The summed E-state index contributed by atoms with van der Waals surface area (Å²) >= 11 is 0. The van der Waals surface area contributed by atoms with Crippen molar-refractivity contribution in [2.24, 2.45) is 0 Å². The van der Waals surface area contributed by atoms with Crippen molar-refractivity contribution in [3.63, 3.8) is 0 Å². The Morgan fingerprint density at radius 1 is 0.963 bits per heavy atom. The normalized spacial score (nSPS) is 16.3. The first kappa shape index (κ1) is 20.0. The summed E-state index contributed by atoms with van der Waals surface area (Å²) in [6.45, 7) is 2.86. The zero-order valence-corrected chi connectivity index (χ0v) is 16.7. The Morgan fingerprint density at radius 3 is 2.26 bits per heavy atom. The van der Waals surface area contributed by atoms with Gasteiger partial charge in [-0.3, -0.25) is 0 Å². The molecular weight excluding hydrogens is 386 g/mol. The smallest absolute Gasteiger partial charge is 0.241 e. The maximum atomic E-state index is 12.9. The van der Waals surface area contributed by atoms with Gasteiger partial charge in [-0.2, -0.15) is 0 Å². The summed E-state index contributed by atoms with van der Waals surface area (Å²) in [7, 11) is -7.63. The van der Waals surface area contributed by atoms with Crippen LogP contribution in [0.15, 0.2) is 63.2 Å². The van der Waals surface area contributed by atoms with E-state index in [4.69, 9.17) is 4.74 Å². The Morgan fingerprint density at radius 2 is 1.63 bits per heavy atom. The van der Waals surface area contributed by atoms with Crippen LogP contribution in [0.2, 0.25) is 0 Å². The molecule has 1 N–H and O–H groups in total. The fraction of sp³-hybridized carbons (Fsp3) is 0.368. The zero-order valence-electron chi connectivity index (χ0n) is 15.1. The van der Waals surface area contributed by atoms with Crippen molar-refractivity contribution in [3.8, 4) is 0 Å². The van der Waals surface area contributed by atoms with Crippen LogP contribution in [0.4, 0.5) is 0 Å². The van der Waals surface area contributed by atoms with E-state index >= 15 is 0 Å². The van der Waals surface area contributed by atoms with E-state index in [2.05, 4.69) is 4.72 Å². The van der Waals surface area contributed by atoms with Gasteiger partial charge in [0.1, 0.15) is 0 Å². The summed E-state index contributed by atoms with van der Waals surface area (Å²) in [5.74, 6) is 0. The molecule has 6 nitrogen and oxygen atoms in total. The third kappa shape index (κ3) is 4.40. The maximum absolute atomic E-state index is 12.9. The quantitative estimate of drug-likeness (QED) is 0.792. The van der Waals surface area contributed by atoms with Gasteiger partial charge in [0.05, 0.1) is 14.7 Å². The fourth-order valence-corrected chi connectivity index (χ4v) is 6.10. The molecule has 0 aliphatic carbocycles. The van der Waals surface area contributed by atoms with Gasteiger partial charge in [-0.25, -0.2) is 21.6 Å². The van der Waals surface area contributed by atoms with Crippen LogP contribution in [0.1, 0.15) is 25.3 Å². The predicted molar refractivity (Wildman–Crippen MR) is 102 cm³/mol. The summed E-state index contributed by atoms with van der Waals surface area (Å²) in [5, 5.41) is 0. The van der Waals surface area contributed by atoms with Crippen molar-refractivity contribution in [1.29, 1.82) is 0 Å². The SMILES string of the molecule is CCc1ccc(S(=O)(=O)c2ccccc2)cc1S(=O)(=O)NC1CCOCC1. The van der Waals surface area contributed by atoms with Gasteiger partial charge in [0, 0.05) is 19.3 Å². The number of sulfonamides is 1. The molecule has 0 atom stereocenters. The van der Waals surface area contributed by atoms with E-state index in [0.717, 1.165) is 0 Å². The average Bonchev–Trinajstić information content (AvgIpc) is 2.68. The molecule has 2 aromatic carbocycles. The first-order valence-corrected chi connectivity index (χ1v) is 11.8. The molecule has 8 heteroatoms. The lowest BCUT2D eigenvalue weighted by atomic mass is 10.1. The number of sulfone groups is 1. The molecule has 0 radical (unpaired) electrons. The van der Waals surface area contributed by atoms with Crippen LogP contribution in [-0.2, 0) is 31.0 Å². The number of hydrogen-bond donors (Lipinski definition) is 1. The second kappa shape index (κ2) is 8.10. The van der Waals surface area contributed by atoms with Crippen molar-refractivity contribution in [2.45, 2.75) is 46.9 Å². The standard InChI is InChI=1S/C19H23NO5S2/c1-2-15-8-9-18(26(21,22)17-6-4-3-5-7-17)14-19(15)27(23,24)20-16-10-12-25-13-11-16/h3-9,14,16,20H,2,10-13H2,1H3. The van der Waals surface area contributed by atoms with Crippen LogP contribution < -0.4 is 4.72 Å². The first-order chi connectivity index (χ1) is 12.8. The summed E-state index contributed by atoms with van der Waals surface area (Å²) in [6, 6.07) is 12.1. The minimum absolute atomic E-state index is 0.0218. The van der Waals surface area contributed by atoms with Gasteiger partial charge in [0.15, 0.2) is 0 Å². The Balaban J connectivity index is 2.01. The van der Waals surface area contributed by atoms with Gasteiger partial charge < -0.3 is 4.74 Å². The summed E-state index contributed by atoms with van der Waals surface area (Å²) in [6.07, 6.45) is 1.68. The molecule has 0 amide bonds. The molecule has 0 unspecified atom stereocenters. The molecule has 3 rings (SSSR count). The van der Waals surface area contributed by atoms with Gasteiger partial charge in [-0.1, -0.05) is 31.2 Å². The molecule has 1 aliphatic rings. The lowest BCUT2D eigenvalue weighted by Crippen LogP contribution is -2.39. The number of ether oxygens (including phenoxy) is 1. The van der Waals surface area contributed by atoms with Crippen LogP contribution >= 0.6 is 0 Å². The lowest BCUT2D eigenvalue weighted by molar-refractivity contribution is 0.0832. The van der Waals surface area contributed by atoms with E-state index in [1.165, 1.54) is 24.3 Å². The van der Waals surface area contributed by atoms with Gasteiger partial charge in [-0.05, 0) is 49.1 Å². The second-order valence-electron chi connectivity index (χ2n) is 6.45. The van der Waals surface area contributed by atoms with E-state index < -0.39 is 19.9 Å². The van der Waals surface area contributed by atoms with Gasteiger partial charge >= 0.3 is 0 Å². The van der Waals surface area contributed by atoms with Crippen molar-refractivity contribution >= 4 is 19.9 Å². The molecule has 1 heterocycles. The number of aryl methyl sites for hydroxylation is 1. The number of hydrogen-bond acceptors (Lipinski definition) is 5. The van der Waals surface area contributed by atoms with Crippen molar-refractivity contribution in [3.05, 3.63) is 54.1 Å². The summed E-state index contributed by atoms with van der Waals surface area (Å²) in [5.41, 5.74) is 0.585. The molecule has 0 bridgehead atoms. The maximum Gasteiger partial charge on any atom is 0.241 e. The van der Waals surface area contributed by atoms with Crippen LogP contribution in [0.3, 0.4) is 0 Å². The second-order valence-corrected chi connectivity index (χ2v) is 10.1. The highest BCUT2D eigenvalue weighted by molar-refractivity contribution is 7.91. The average molecular weight is 410 g/mol. The van der Waals surface area contributed by atoms with Crippen molar-refractivity contribution in [2.75, 3.05) is 13.2 Å². The topological polar surface area (TPSA) is 89.5 Å². The van der Waals surface area contributed by atoms with E-state index in [-0.39, 0.29) is 20.7 Å². The first-order valence-electron chi connectivity index (χ1n) is 8.88. The molecule has 1 fully saturated rings. The summed E-state index contributed by atoms with van der Waals surface area (Å²) < 4.78 is 59.6. The van der Waals surface area contributed by atoms with E-state index in [0.29, 0.717) is 38.0 Å². The van der Waals surface area contributed by atoms with Crippen LogP contribution in [0.25, 0.3) is 0 Å². The largest absolute Gasteiger partial charge is 0.381 e. The van der Waals surface area contributed by atoms with Crippen LogP contribution in [0, 0.1) is 0 Å². The van der Waals surface area contributed by atoms with Crippen molar-refractivity contribution < 1.29 is 21.6 Å². The van der Waals surface area contributed by atoms with Crippen LogP contribution in [-0.4, -0.2) is 36.1 Å². The third-order valence-corrected chi connectivity index (χ3v) is 7.99. The molecule has 1 aliphatic heterocycles. The molecule has 27 heavy (non-hydrogen) atoms. The minimum atomic E-state index is -3.84. The van der Waals surface area contributed by atoms with E-state index in [1.54, 1.807) is 24.3 Å². The molecule has 1 saturated heterocycles. The number of benzene rings is 2. The monoisotopic (exact) mass is 409 g/mol. The molecule has 146 valence electrons. The van der Waals surface area contributed by atoms with Crippen LogP contribution in [0.5, 0.6) is 0 Å². The van der Waals surface area contributed by atoms with E-state index in [9.17, 15) is 16.8 Å². The predicted octanol–water partition coefficient (Wildman–Crippen LogP) is 2.54. The van der Waals surface area contributed by atoms with E-state index in [1.807, 2.05) is 6.92 Å². The lowest BCUT2D eigenvalue weighted by Gasteiger charge is -2.23. The highest BCUT2D eigenvalue weighted by Crippen LogP contribution is 2.26. The molecular formula is C19H23NO5S2. The molecule has 0 aromatic heterocycles. The highest BCUT2D eigenvalue weighted by Gasteiger charge is 2.26. The molecule has 0 saturated carbocycles. The Labute approximate surface area is 160 Å². The number of rotatable bonds is 6. The number of nitrogens with one attached hydrogen (secondary N) is 1. The van der Waals surface area contributed by atoms with Gasteiger partial charge in [0.2, 0.25) is 19.9 Å². The minimum Gasteiger partial charge on any atom is -0.381 e. The molecule has 0 spiro atoms. The Hall–Kier alpha value is -1.74. The van der Waals surface area contributed by atoms with Crippen molar-refractivity contribution in [1.82, 2.24) is 4.72 Å². The highest BCUT2D eigenvalue weighted by atomic mass is 32.2. The molecule has 2 aromatic rings. The fourth-order valence-electron chi connectivity index (χ4n) is 3.08. The van der Waals surface area contributed by atoms with Gasteiger partial charge in [-0.15, -0.1) is 0 Å².